The lowest BCUT2D eigenvalue weighted by Crippen LogP contribution is -2.35. The summed E-state index contributed by atoms with van der Waals surface area (Å²) in [5, 5.41) is 0.376. The minimum atomic E-state index is -4.25. The molecule has 3 rings (SSSR count). The Kier molecular flexibility index (Phi) is 8.82. The molecule has 35 heavy (non-hydrogen) atoms. The zero-order valence-corrected chi connectivity index (χ0v) is 22.4. The Morgan fingerprint density at radius 1 is 1.03 bits per heavy atom. The number of rotatable bonds is 9. The van der Waals surface area contributed by atoms with Gasteiger partial charge in [-0.2, -0.15) is 4.31 Å². The van der Waals surface area contributed by atoms with Crippen molar-refractivity contribution >= 4 is 55.2 Å². The molecule has 0 saturated carbocycles. The molecule has 184 valence electrons. The molecule has 0 atom stereocenters. The van der Waals surface area contributed by atoms with E-state index in [0.29, 0.717) is 38.9 Å². The van der Waals surface area contributed by atoms with Crippen LogP contribution in [0.4, 0.5) is 5.69 Å². The first-order valence-corrected chi connectivity index (χ1v) is 13.0. The van der Waals surface area contributed by atoms with Gasteiger partial charge in [0.1, 0.15) is 5.75 Å². The zero-order chi connectivity index (χ0) is 25.6. The average molecular weight is 581 g/mol. The maximum Gasteiger partial charge on any atom is 0.271 e. The third-order valence-electron chi connectivity index (χ3n) is 4.82. The maximum atomic E-state index is 13.5. The number of ether oxygens (including phenoxy) is 3. The van der Waals surface area contributed by atoms with Gasteiger partial charge in [0, 0.05) is 11.1 Å². The molecule has 0 radical (unpaired) electrons. The summed E-state index contributed by atoms with van der Waals surface area (Å²) in [6.07, 6.45) is 2.68. The monoisotopic (exact) mass is 579 g/mol. The molecule has 0 aliphatic heterocycles. The van der Waals surface area contributed by atoms with E-state index in [1.807, 2.05) is 6.92 Å². The first-order valence-electron chi connectivity index (χ1n) is 10.4. The summed E-state index contributed by atoms with van der Waals surface area (Å²) in [7, 11) is -1.25. The minimum absolute atomic E-state index is 0.0788. The number of benzene rings is 3. The lowest BCUT2D eigenvalue weighted by Gasteiger charge is -2.21. The van der Waals surface area contributed by atoms with E-state index in [2.05, 4.69) is 15.9 Å². The van der Waals surface area contributed by atoms with E-state index in [9.17, 15) is 13.2 Å². The van der Waals surface area contributed by atoms with Crippen LogP contribution in [-0.2, 0) is 14.8 Å². The minimum Gasteiger partial charge on any atom is -0.497 e. The molecule has 3 aromatic rings. The lowest BCUT2D eigenvalue weighted by molar-refractivity contribution is -0.113. The maximum absolute atomic E-state index is 13.5. The summed E-state index contributed by atoms with van der Waals surface area (Å²) < 4.78 is 44.4. The van der Waals surface area contributed by atoms with Crippen molar-refractivity contribution in [1.82, 2.24) is 0 Å². The molecule has 7 nitrogen and oxygen atoms in total. The van der Waals surface area contributed by atoms with Gasteiger partial charge in [-0.3, -0.25) is 4.79 Å². The van der Waals surface area contributed by atoms with Gasteiger partial charge >= 0.3 is 0 Å². The number of sulfonamides is 1. The van der Waals surface area contributed by atoms with E-state index in [4.69, 9.17) is 25.8 Å². The highest BCUT2D eigenvalue weighted by Crippen LogP contribution is 2.37. The van der Waals surface area contributed by atoms with Crippen molar-refractivity contribution in [3.8, 4) is 17.2 Å². The largest absolute Gasteiger partial charge is 0.497 e. The summed E-state index contributed by atoms with van der Waals surface area (Å²) in [6, 6.07) is 15.2. The van der Waals surface area contributed by atoms with Gasteiger partial charge in [0.25, 0.3) is 15.9 Å². The smallest absolute Gasteiger partial charge is 0.271 e. The molecule has 0 aliphatic carbocycles. The third kappa shape index (κ3) is 6.17. The molecule has 0 heterocycles. The topological polar surface area (TPSA) is 82.1 Å². The van der Waals surface area contributed by atoms with Crippen molar-refractivity contribution in [2.24, 2.45) is 0 Å². The van der Waals surface area contributed by atoms with Gasteiger partial charge in [0.15, 0.2) is 11.5 Å². The Bertz CT molecular complexity index is 1330. The second-order valence-corrected chi connectivity index (χ2v) is 10.1. The van der Waals surface area contributed by atoms with Crippen LogP contribution >= 0.6 is 27.5 Å². The SMILES string of the molecule is CCOc1c(Br)cc(/C=C/C(=O)N(c2ccc(OC)cc2)S(=O)(=O)c2ccc(Cl)cc2)cc1OC. The molecule has 3 aromatic carbocycles. The lowest BCUT2D eigenvalue weighted by atomic mass is 10.2. The van der Waals surface area contributed by atoms with Gasteiger partial charge in [-0.15, -0.1) is 0 Å². The fourth-order valence-corrected chi connectivity index (χ4v) is 5.26. The van der Waals surface area contributed by atoms with E-state index < -0.39 is 15.9 Å². The van der Waals surface area contributed by atoms with Crippen LogP contribution in [0.1, 0.15) is 12.5 Å². The number of methoxy groups -OCH3 is 2. The van der Waals surface area contributed by atoms with Crippen LogP contribution in [0.15, 0.2) is 76.1 Å². The van der Waals surface area contributed by atoms with Crippen molar-refractivity contribution in [2.45, 2.75) is 11.8 Å². The molecular formula is C25H23BrClNO6S. The molecule has 0 bridgehead atoms. The Morgan fingerprint density at radius 3 is 2.26 bits per heavy atom. The van der Waals surface area contributed by atoms with Crippen LogP contribution in [0.2, 0.25) is 5.02 Å². The first-order chi connectivity index (χ1) is 16.7. The summed E-state index contributed by atoms with van der Waals surface area (Å²) in [6.45, 7) is 2.30. The number of anilines is 1. The Balaban J connectivity index is 2.03. The molecule has 0 N–H and O–H groups in total. The van der Waals surface area contributed by atoms with Crippen molar-refractivity contribution in [3.05, 3.63) is 81.8 Å². The molecule has 1 amide bonds. The molecule has 0 unspecified atom stereocenters. The Labute approximate surface area is 218 Å². The summed E-state index contributed by atoms with van der Waals surface area (Å²) in [5.74, 6) is 0.749. The molecule has 10 heteroatoms. The van der Waals surface area contributed by atoms with E-state index >= 15 is 0 Å². The second-order valence-electron chi connectivity index (χ2n) is 7.06. The molecule has 0 aromatic heterocycles. The van der Waals surface area contributed by atoms with Crippen LogP contribution in [0.25, 0.3) is 6.08 Å². The van der Waals surface area contributed by atoms with E-state index in [1.54, 1.807) is 24.3 Å². The first kappa shape index (κ1) is 26.6. The standard InChI is InChI=1S/C25H23BrClNO6S/c1-4-34-25-22(26)15-17(16-23(25)33-3)5-14-24(29)28(19-8-10-20(32-2)11-9-19)35(30,31)21-12-6-18(27)7-13-21/h5-16H,4H2,1-3H3/b14-5+. The van der Waals surface area contributed by atoms with E-state index in [-0.39, 0.29) is 10.6 Å². The molecule has 0 saturated heterocycles. The Morgan fingerprint density at radius 2 is 1.69 bits per heavy atom. The number of carbonyl (C=O) groups is 1. The highest BCUT2D eigenvalue weighted by Gasteiger charge is 2.30. The van der Waals surface area contributed by atoms with Crippen molar-refractivity contribution in [1.29, 1.82) is 0 Å². The number of halogens is 2. The van der Waals surface area contributed by atoms with Crippen molar-refractivity contribution in [2.75, 3.05) is 25.1 Å². The van der Waals surface area contributed by atoms with Gasteiger partial charge in [-0.05, 0) is 95.2 Å². The number of nitrogens with zero attached hydrogens (tertiary/aromatic N) is 1. The number of hydrogen-bond donors (Lipinski definition) is 0. The number of carbonyl (C=O) groups excluding carboxylic acids is 1. The summed E-state index contributed by atoms with van der Waals surface area (Å²) in [4.78, 5) is 13.2. The predicted molar refractivity (Wildman–Crippen MR) is 140 cm³/mol. The zero-order valence-electron chi connectivity index (χ0n) is 19.2. The highest BCUT2D eigenvalue weighted by molar-refractivity contribution is 9.10. The van der Waals surface area contributed by atoms with Crippen LogP contribution in [0.5, 0.6) is 17.2 Å². The normalized spacial score (nSPS) is 11.3. The second kappa shape index (κ2) is 11.6. The molecular weight excluding hydrogens is 558 g/mol. The number of amides is 1. The molecule has 0 aliphatic rings. The third-order valence-corrected chi connectivity index (χ3v) is 7.40. The predicted octanol–water partition coefficient (Wildman–Crippen LogP) is 5.95. The van der Waals surface area contributed by atoms with Crippen molar-refractivity contribution < 1.29 is 27.4 Å². The average Bonchev–Trinajstić information content (AvgIpc) is 2.84. The fraction of sp³-hybridized carbons (Fsp3) is 0.160. The van der Waals surface area contributed by atoms with Gasteiger partial charge in [-0.1, -0.05) is 11.6 Å². The summed E-state index contributed by atoms with van der Waals surface area (Å²) >= 11 is 9.36. The van der Waals surface area contributed by atoms with Gasteiger partial charge in [-0.25, -0.2) is 8.42 Å². The fourth-order valence-electron chi connectivity index (χ4n) is 3.17. The van der Waals surface area contributed by atoms with Crippen LogP contribution in [0.3, 0.4) is 0 Å². The van der Waals surface area contributed by atoms with Crippen LogP contribution in [0, 0.1) is 0 Å². The van der Waals surface area contributed by atoms with Crippen LogP contribution in [-0.4, -0.2) is 35.2 Å². The van der Waals surface area contributed by atoms with Gasteiger partial charge < -0.3 is 14.2 Å². The quantitative estimate of drug-likeness (QED) is 0.291. The van der Waals surface area contributed by atoms with E-state index in [0.717, 1.165) is 4.31 Å². The van der Waals surface area contributed by atoms with Crippen molar-refractivity contribution in [3.63, 3.8) is 0 Å². The molecule has 0 spiro atoms. The van der Waals surface area contributed by atoms with Gasteiger partial charge in [0.05, 0.1) is 35.9 Å². The summed E-state index contributed by atoms with van der Waals surface area (Å²) in [5.41, 5.74) is 0.755. The van der Waals surface area contributed by atoms with E-state index in [1.165, 1.54) is 62.8 Å². The molecule has 0 fully saturated rings. The highest BCUT2D eigenvalue weighted by atomic mass is 79.9. The Hall–Kier alpha value is -3.01. The number of hydrogen-bond acceptors (Lipinski definition) is 6. The van der Waals surface area contributed by atoms with Crippen LogP contribution < -0.4 is 18.5 Å². The van der Waals surface area contributed by atoms with Gasteiger partial charge in [0.2, 0.25) is 0 Å².